The monoisotopic (exact) mass is 333 g/mol. The lowest BCUT2D eigenvalue weighted by molar-refractivity contribution is 0.0211. The van der Waals surface area contributed by atoms with Crippen LogP contribution in [0.5, 0.6) is 0 Å². The first-order valence-electron chi connectivity index (χ1n) is 8.63. The third-order valence-electron chi connectivity index (χ3n) is 3.81. The van der Waals surface area contributed by atoms with Crippen molar-refractivity contribution in [3.63, 3.8) is 0 Å². The Bertz CT molecular complexity index is 471. The molecule has 1 rings (SSSR count). The maximum atomic E-state index is 12.3. The third-order valence-corrected chi connectivity index (χ3v) is 3.81. The summed E-state index contributed by atoms with van der Waals surface area (Å²) in [5.74, 6) is 0. The first-order chi connectivity index (χ1) is 11.1. The van der Waals surface area contributed by atoms with Crippen LogP contribution in [0.3, 0.4) is 0 Å². The highest BCUT2D eigenvalue weighted by molar-refractivity contribution is 5.68. The number of amides is 1. The Morgan fingerprint density at radius 2 is 1.83 bits per heavy atom. The molecule has 0 bridgehead atoms. The molecule has 3 heteroatoms. The minimum absolute atomic E-state index is 0.104. The predicted molar refractivity (Wildman–Crippen MR) is 104 cm³/mol. The molecule has 0 saturated carbocycles. The number of allylic oxidation sites excluding steroid dienone is 4. The number of hydrogen-bond acceptors (Lipinski definition) is 2. The molecule has 0 N–H and O–H groups in total. The summed E-state index contributed by atoms with van der Waals surface area (Å²) in [7, 11) is 0. The quantitative estimate of drug-likeness (QED) is 0.475. The molecule has 0 aliphatic carbocycles. The molecule has 0 aromatic carbocycles. The van der Waals surface area contributed by atoms with Crippen LogP contribution in [0, 0.1) is 5.41 Å². The molecule has 1 amide bonds. The fourth-order valence-corrected chi connectivity index (χ4v) is 2.53. The van der Waals surface area contributed by atoms with E-state index in [2.05, 4.69) is 26.7 Å². The molecule has 0 spiro atoms. The fourth-order valence-electron chi connectivity index (χ4n) is 2.53. The van der Waals surface area contributed by atoms with Crippen LogP contribution in [0.15, 0.2) is 49.6 Å². The average Bonchev–Trinajstić information content (AvgIpc) is 2.67. The van der Waals surface area contributed by atoms with Crippen LogP contribution in [-0.2, 0) is 4.74 Å². The maximum Gasteiger partial charge on any atom is 0.410 e. The van der Waals surface area contributed by atoms with Gasteiger partial charge < -0.3 is 9.64 Å². The summed E-state index contributed by atoms with van der Waals surface area (Å²) in [4.78, 5) is 14.2. The SMILES string of the molecule is C=C/C=C/C(=C)C1(C)CCCCN(C(=O)OC(C)(C)C)C1.C=CC. The van der Waals surface area contributed by atoms with E-state index < -0.39 is 5.60 Å². The second-order valence-electron chi connectivity index (χ2n) is 7.45. The van der Waals surface area contributed by atoms with E-state index >= 15 is 0 Å². The van der Waals surface area contributed by atoms with Crippen molar-refractivity contribution in [1.29, 1.82) is 0 Å². The van der Waals surface area contributed by atoms with Crippen LogP contribution in [0.1, 0.15) is 53.9 Å². The van der Waals surface area contributed by atoms with E-state index in [0.717, 1.165) is 31.4 Å². The second-order valence-corrected chi connectivity index (χ2v) is 7.45. The van der Waals surface area contributed by atoms with Gasteiger partial charge in [0.2, 0.25) is 0 Å². The molecule has 1 saturated heterocycles. The topological polar surface area (TPSA) is 29.5 Å². The summed E-state index contributed by atoms with van der Waals surface area (Å²) in [6.45, 7) is 22.4. The van der Waals surface area contributed by atoms with Gasteiger partial charge in [-0.25, -0.2) is 4.79 Å². The van der Waals surface area contributed by atoms with Gasteiger partial charge in [-0.3, -0.25) is 0 Å². The van der Waals surface area contributed by atoms with Crippen molar-refractivity contribution in [2.45, 2.75) is 59.5 Å². The van der Waals surface area contributed by atoms with E-state index in [-0.39, 0.29) is 11.5 Å². The van der Waals surface area contributed by atoms with Crippen LogP contribution >= 0.6 is 0 Å². The van der Waals surface area contributed by atoms with Crippen molar-refractivity contribution in [3.05, 3.63) is 49.6 Å². The Labute approximate surface area is 148 Å². The van der Waals surface area contributed by atoms with Gasteiger partial charge in [-0.1, -0.05) is 50.8 Å². The molecule has 1 aliphatic heterocycles. The van der Waals surface area contributed by atoms with Crippen molar-refractivity contribution in [1.82, 2.24) is 4.90 Å². The van der Waals surface area contributed by atoms with Crippen molar-refractivity contribution >= 4 is 6.09 Å². The van der Waals surface area contributed by atoms with E-state index in [1.165, 1.54) is 0 Å². The van der Waals surface area contributed by atoms with Gasteiger partial charge in [0.1, 0.15) is 5.60 Å². The Kier molecular flexibility index (Phi) is 9.42. The first kappa shape index (κ1) is 22.2. The number of carbonyl (C=O) groups is 1. The fraction of sp³-hybridized carbons (Fsp3) is 0.571. The summed E-state index contributed by atoms with van der Waals surface area (Å²) in [5, 5.41) is 0. The lowest BCUT2D eigenvalue weighted by Gasteiger charge is -2.34. The summed E-state index contributed by atoms with van der Waals surface area (Å²) in [5.41, 5.74) is 0.477. The molecular weight excluding hydrogens is 298 g/mol. The molecule has 1 heterocycles. The molecule has 0 radical (unpaired) electrons. The van der Waals surface area contributed by atoms with Crippen LogP contribution in [0.2, 0.25) is 0 Å². The van der Waals surface area contributed by atoms with Gasteiger partial charge in [0.15, 0.2) is 0 Å². The number of ether oxygens (including phenoxy) is 1. The standard InChI is InChI=1S/C18H29NO2.C3H6/c1-7-8-11-15(2)18(6)12-9-10-13-19(14-18)16(20)21-17(3,4)5;1-3-2/h7-8,11H,1-2,9-10,12-14H2,3-6H3;3H,1H2,2H3/b11-8+;. The first-order valence-corrected chi connectivity index (χ1v) is 8.63. The summed E-state index contributed by atoms with van der Waals surface area (Å²) in [6, 6.07) is 0. The smallest absolute Gasteiger partial charge is 0.410 e. The van der Waals surface area contributed by atoms with Crippen LogP contribution in [-0.4, -0.2) is 29.7 Å². The molecular formula is C21H35NO2. The van der Waals surface area contributed by atoms with Gasteiger partial charge in [0, 0.05) is 18.5 Å². The number of carbonyl (C=O) groups excluding carboxylic acids is 1. The summed E-state index contributed by atoms with van der Waals surface area (Å²) < 4.78 is 5.51. The van der Waals surface area contributed by atoms with Gasteiger partial charge in [0.05, 0.1) is 0 Å². The molecule has 0 aromatic heterocycles. The molecule has 0 aromatic rings. The zero-order valence-electron chi connectivity index (χ0n) is 16.2. The zero-order chi connectivity index (χ0) is 18.8. The Morgan fingerprint density at radius 1 is 1.25 bits per heavy atom. The van der Waals surface area contributed by atoms with Crippen molar-refractivity contribution in [3.8, 4) is 0 Å². The van der Waals surface area contributed by atoms with Crippen molar-refractivity contribution < 1.29 is 9.53 Å². The highest BCUT2D eigenvalue weighted by atomic mass is 16.6. The van der Waals surface area contributed by atoms with E-state index in [0.29, 0.717) is 6.54 Å². The zero-order valence-corrected chi connectivity index (χ0v) is 16.2. The van der Waals surface area contributed by atoms with Gasteiger partial charge in [-0.05, 0) is 46.1 Å². The molecule has 1 atom stereocenters. The lowest BCUT2D eigenvalue weighted by atomic mass is 9.78. The molecule has 1 unspecified atom stereocenters. The normalized spacial score (nSPS) is 21.3. The van der Waals surface area contributed by atoms with Crippen LogP contribution in [0.4, 0.5) is 4.79 Å². The largest absolute Gasteiger partial charge is 0.444 e. The minimum Gasteiger partial charge on any atom is -0.444 e. The van der Waals surface area contributed by atoms with Crippen molar-refractivity contribution in [2.24, 2.45) is 5.41 Å². The second kappa shape index (κ2) is 10.2. The Hall–Kier alpha value is -1.77. The van der Waals surface area contributed by atoms with Crippen molar-refractivity contribution in [2.75, 3.05) is 13.1 Å². The van der Waals surface area contributed by atoms with E-state index in [1.807, 2.05) is 44.7 Å². The molecule has 136 valence electrons. The molecule has 3 nitrogen and oxygen atoms in total. The Morgan fingerprint density at radius 3 is 2.33 bits per heavy atom. The number of nitrogens with zero attached hydrogens (tertiary/aromatic N) is 1. The maximum absolute atomic E-state index is 12.3. The highest BCUT2D eigenvalue weighted by Gasteiger charge is 2.34. The number of likely N-dealkylation sites (tertiary alicyclic amines) is 1. The Balaban J connectivity index is 0.00000163. The molecule has 1 fully saturated rings. The van der Waals surface area contributed by atoms with Gasteiger partial charge in [-0.15, -0.1) is 6.58 Å². The molecule has 24 heavy (non-hydrogen) atoms. The lowest BCUT2D eigenvalue weighted by Crippen LogP contribution is -2.42. The number of hydrogen-bond donors (Lipinski definition) is 0. The van der Waals surface area contributed by atoms with E-state index in [1.54, 1.807) is 12.2 Å². The van der Waals surface area contributed by atoms with Crippen LogP contribution in [0.25, 0.3) is 0 Å². The van der Waals surface area contributed by atoms with E-state index in [9.17, 15) is 4.79 Å². The summed E-state index contributed by atoms with van der Waals surface area (Å²) >= 11 is 0. The third kappa shape index (κ3) is 8.19. The number of rotatable bonds is 3. The van der Waals surface area contributed by atoms with Gasteiger partial charge >= 0.3 is 6.09 Å². The highest BCUT2D eigenvalue weighted by Crippen LogP contribution is 2.36. The van der Waals surface area contributed by atoms with Gasteiger partial charge in [0.25, 0.3) is 0 Å². The molecule has 1 aliphatic rings. The van der Waals surface area contributed by atoms with Gasteiger partial charge in [-0.2, -0.15) is 0 Å². The minimum atomic E-state index is -0.459. The average molecular weight is 334 g/mol. The summed E-state index contributed by atoms with van der Waals surface area (Å²) in [6.07, 6.45) is 10.3. The predicted octanol–water partition coefficient (Wildman–Crippen LogP) is 5.90. The van der Waals surface area contributed by atoms with E-state index in [4.69, 9.17) is 4.74 Å². The van der Waals surface area contributed by atoms with Crippen LogP contribution < -0.4 is 0 Å².